The molecule has 0 spiro atoms. The van der Waals surface area contributed by atoms with Crippen molar-refractivity contribution in [3.63, 3.8) is 0 Å². The van der Waals surface area contributed by atoms with Crippen LogP contribution in [0.15, 0.2) is 6.20 Å². The summed E-state index contributed by atoms with van der Waals surface area (Å²) in [5.41, 5.74) is 1.83. The van der Waals surface area contributed by atoms with Crippen LogP contribution >= 0.6 is 0 Å². The highest BCUT2D eigenvalue weighted by Crippen LogP contribution is 2.08. The summed E-state index contributed by atoms with van der Waals surface area (Å²) in [6.45, 7) is 6.48. The van der Waals surface area contributed by atoms with E-state index in [1.807, 2.05) is 13.8 Å². The van der Waals surface area contributed by atoms with E-state index in [0.29, 0.717) is 0 Å². The van der Waals surface area contributed by atoms with Crippen molar-refractivity contribution in [3.8, 4) is 0 Å². The van der Waals surface area contributed by atoms with Gasteiger partial charge in [-0.3, -0.25) is 4.98 Å². The van der Waals surface area contributed by atoms with Gasteiger partial charge in [0.1, 0.15) is 5.82 Å². The predicted octanol–water partition coefficient (Wildman–Crippen LogP) is 1.67. The summed E-state index contributed by atoms with van der Waals surface area (Å²) < 4.78 is 0. The lowest BCUT2D eigenvalue weighted by Crippen LogP contribution is -2.09. The van der Waals surface area contributed by atoms with Crippen LogP contribution in [0.3, 0.4) is 0 Å². The summed E-state index contributed by atoms with van der Waals surface area (Å²) >= 11 is 0. The van der Waals surface area contributed by atoms with Crippen LogP contribution in [-0.2, 0) is 0 Å². The van der Waals surface area contributed by atoms with Gasteiger partial charge in [0.25, 0.3) is 0 Å². The minimum atomic E-state index is -0.225. The van der Waals surface area contributed by atoms with Gasteiger partial charge < -0.3 is 10.4 Å². The normalized spacial score (nSPS) is 12.5. The molecule has 1 heterocycles. The average molecular weight is 209 g/mol. The number of aryl methyl sites for hydroxylation is 2. The highest BCUT2D eigenvalue weighted by Gasteiger charge is 2.01. The zero-order valence-electron chi connectivity index (χ0n) is 9.62. The van der Waals surface area contributed by atoms with E-state index < -0.39 is 0 Å². The first kappa shape index (κ1) is 11.9. The summed E-state index contributed by atoms with van der Waals surface area (Å²) in [6.07, 6.45) is 3.28. The van der Waals surface area contributed by atoms with Crippen LogP contribution in [0.2, 0.25) is 0 Å². The van der Waals surface area contributed by atoms with Gasteiger partial charge in [0.05, 0.1) is 17.5 Å². The van der Waals surface area contributed by atoms with Crippen molar-refractivity contribution in [1.82, 2.24) is 9.97 Å². The van der Waals surface area contributed by atoms with Crippen LogP contribution in [0.5, 0.6) is 0 Å². The van der Waals surface area contributed by atoms with Crippen LogP contribution in [0, 0.1) is 13.8 Å². The average Bonchev–Trinajstić information content (AvgIpc) is 2.17. The Morgan fingerprint density at radius 1 is 1.47 bits per heavy atom. The quantitative estimate of drug-likeness (QED) is 0.724. The number of aliphatic hydroxyl groups is 1. The highest BCUT2D eigenvalue weighted by molar-refractivity contribution is 5.39. The van der Waals surface area contributed by atoms with Gasteiger partial charge in [-0.15, -0.1) is 0 Å². The fourth-order valence-corrected chi connectivity index (χ4v) is 1.31. The summed E-state index contributed by atoms with van der Waals surface area (Å²) in [5.74, 6) is 0.848. The fraction of sp³-hybridized carbons (Fsp3) is 0.636. The number of anilines is 1. The summed E-state index contributed by atoms with van der Waals surface area (Å²) in [5, 5.41) is 12.3. The third-order valence-electron chi connectivity index (χ3n) is 2.17. The second-order valence-corrected chi connectivity index (χ2v) is 3.86. The summed E-state index contributed by atoms with van der Waals surface area (Å²) in [4.78, 5) is 8.57. The van der Waals surface area contributed by atoms with Gasteiger partial charge in [-0.1, -0.05) is 0 Å². The Bertz CT molecular complexity index is 313. The molecule has 15 heavy (non-hydrogen) atoms. The van der Waals surface area contributed by atoms with E-state index >= 15 is 0 Å². The molecule has 0 amide bonds. The molecular formula is C11H19N3O. The Kier molecular flexibility index (Phi) is 4.49. The monoisotopic (exact) mass is 209 g/mol. The second kappa shape index (κ2) is 5.66. The van der Waals surface area contributed by atoms with Crippen molar-refractivity contribution in [2.24, 2.45) is 0 Å². The Labute approximate surface area is 90.8 Å². The van der Waals surface area contributed by atoms with E-state index in [4.69, 9.17) is 5.11 Å². The third-order valence-corrected chi connectivity index (χ3v) is 2.17. The first-order chi connectivity index (χ1) is 7.09. The largest absolute Gasteiger partial charge is 0.393 e. The molecule has 0 fully saturated rings. The number of rotatable bonds is 5. The molecule has 1 aromatic rings. The van der Waals surface area contributed by atoms with Crippen molar-refractivity contribution in [2.45, 2.75) is 39.7 Å². The lowest BCUT2D eigenvalue weighted by molar-refractivity contribution is 0.183. The minimum Gasteiger partial charge on any atom is -0.393 e. The van der Waals surface area contributed by atoms with E-state index in [0.717, 1.165) is 36.6 Å². The minimum absolute atomic E-state index is 0.225. The smallest absolute Gasteiger partial charge is 0.147 e. The van der Waals surface area contributed by atoms with Crippen LogP contribution in [-0.4, -0.2) is 27.7 Å². The van der Waals surface area contributed by atoms with Gasteiger partial charge in [0, 0.05) is 12.7 Å². The van der Waals surface area contributed by atoms with Crippen LogP contribution in [0.1, 0.15) is 31.2 Å². The molecular weight excluding hydrogens is 190 g/mol. The van der Waals surface area contributed by atoms with Crippen molar-refractivity contribution in [3.05, 3.63) is 17.6 Å². The molecule has 1 atom stereocenters. The Morgan fingerprint density at radius 3 is 2.87 bits per heavy atom. The highest BCUT2D eigenvalue weighted by atomic mass is 16.3. The first-order valence-corrected chi connectivity index (χ1v) is 5.32. The number of hydrogen-bond donors (Lipinski definition) is 2. The second-order valence-electron chi connectivity index (χ2n) is 3.86. The number of hydrogen-bond acceptors (Lipinski definition) is 4. The molecule has 4 nitrogen and oxygen atoms in total. The SMILES string of the molecule is Cc1cnc(C)c(NCCCC(C)O)n1. The molecule has 0 aliphatic rings. The summed E-state index contributed by atoms with van der Waals surface area (Å²) in [7, 11) is 0. The Hall–Kier alpha value is -1.16. The molecule has 84 valence electrons. The molecule has 0 bridgehead atoms. The van der Waals surface area contributed by atoms with E-state index in [1.165, 1.54) is 0 Å². The molecule has 0 aliphatic heterocycles. The maximum absolute atomic E-state index is 9.09. The zero-order chi connectivity index (χ0) is 11.3. The van der Waals surface area contributed by atoms with E-state index in [1.54, 1.807) is 13.1 Å². The number of aromatic nitrogens is 2. The van der Waals surface area contributed by atoms with E-state index in [9.17, 15) is 0 Å². The number of aliphatic hydroxyl groups excluding tert-OH is 1. The maximum atomic E-state index is 9.09. The molecule has 0 saturated carbocycles. The number of nitrogens with one attached hydrogen (secondary N) is 1. The molecule has 1 rings (SSSR count). The molecule has 1 aromatic heterocycles. The van der Waals surface area contributed by atoms with Crippen LogP contribution in [0.25, 0.3) is 0 Å². The molecule has 0 radical (unpaired) electrons. The number of nitrogens with zero attached hydrogens (tertiary/aromatic N) is 2. The fourth-order valence-electron chi connectivity index (χ4n) is 1.31. The first-order valence-electron chi connectivity index (χ1n) is 5.32. The third kappa shape index (κ3) is 4.25. The molecule has 0 aromatic carbocycles. The van der Waals surface area contributed by atoms with E-state index in [-0.39, 0.29) is 6.10 Å². The molecule has 0 saturated heterocycles. The van der Waals surface area contributed by atoms with Gasteiger partial charge in [0.15, 0.2) is 0 Å². The van der Waals surface area contributed by atoms with Crippen LogP contribution < -0.4 is 5.32 Å². The lowest BCUT2D eigenvalue weighted by atomic mass is 10.2. The predicted molar refractivity (Wildman–Crippen MR) is 60.9 cm³/mol. The van der Waals surface area contributed by atoms with Gasteiger partial charge in [-0.05, 0) is 33.6 Å². The van der Waals surface area contributed by atoms with Gasteiger partial charge in [-0.25, -0.2) is 4.98 Å². The van der Waals surface area contributed by atoms with Crippen LogP contribution in [0.4, 0.5) is 5.82 Å². The topological polar surface area (TPSA) is 58.0 Å². The summed E-state index contributed by atoms with van der Waals surface area (Å²) in [6, 6.07) is 0. The maximum Gasteiger partial charge on any atom is 0.147 e. The zero-order valence-corrected chi connectivity index (χ0v) is 9.62. The molecule has 2 N–H and O–H groups in total. The van der Waals surface area contributed by atoms with E-state index in [2.05, 4.69) is 15.3 Å². The van der Waals surface area contributed by atoms with Gasteiger partial charge in [-0.2, -0.15) is 0 Å². The van der Waals surface area contributed by atoms with Crippen molar-refractivity contribution in [2.75, 3.05) is 11.9 Å². The van der Waals surface area contributed by atoms with Gasteiger partial charge in [0.2, 0.25) is 0 Å². The molecule has 0 aliphatic carbocycles. The molecule has 1 unspecified atom stereocenters. The lowest BCUT2D eigenvalue weighted by Gasteiger charge is -2.09. The standard InChI is InChI=1S/C11H19N3O/c1-8-7-13-10(3)11(14-8)12-6-4-5-9(2)15/h7,9,15H,4-6H2,1-3H3,(H,12,14). The Morgan fingerprint density at radius 2 is 2.20 bits per heavy atom. The van der Waals surface area contributed by atoms with Crippen molar-refractivity contribution in [1.29, 1.82) is 0 Å². The van der Waals surface area contributed by atoms with Crippen molar-refractivity contribution < 1.29 is 5.11 Å². The van der Waals surface area contributed by atoms with Crippen molar-refractivity contribution >= 4 is 5.82 Å². The van der Waals surface area contributed by atoms with Gasteiger partial charge >= 0.3 is 0 Å². The molecule has 4 heteroatoms. The Balaban J connectivity index is 2.40.